The van der Waals surface area contributed by atoms with Crippen LogP contribution in [-0.4, -0.2) is 15.2 Å². The Morgan fingerprint density at radius 3 is 2.88 bits per heavy atom. The first-order valence-electron chi connectivity index (χ1n) is 5.70. The van der Waals surface area contributed by atoms with E-state index in [1.165, 1.54) is 0 Å². The highest BCUT2D eigenvalue weighted by Gasteiger charge is 2.01. The van der Waals surface area contributed by atoms with Gasteiger partial charge >= 0.3 is 0 Å². The number of nitrogens with one attached hydrogen (secondary N) is 1. The van der Waals surface area contributed by atoms with E-state index in [1.54, 1.807) is 0 Å². The maximum absolute atomic E-state index is 4.40. The van der Waals surface area contributed by atoms with Crippen LogP contribution in [0.25, 0.3) is 23.1 Å². The molecule has 2 aromatic heterocycles. The van der Waals surface area contributed by atoms with Gasteiger partial charge in [0.2, 0.25) is 0 Å². The molecule has 0 bridgehead atoms. The summed E-state index contributed by atoms with van der Waals surface area (Å²) >= 11 is 3.51. The van der Waals surface area contributed by atoms with Crippen molar-refractivity contribution >= 4 is 39.0 Å². The van der Waals surface area contributed by atoms with E-state index < -0.39 is 0 Å². The Labute approximate surface area is 108 Å². The molecule has 3 rings (SSSR count). The molecule has 1 N–H and O–H groups in total. The van der Waals surface area contributed by atoms with Crippen LogP contribution in [0.4, 0.5) is 0 Å². The monoisotopic (exact) mass is 291 g/mol. The highest BCUT2D eigenvalue weighted by Crippen LogP contribution is 2.10. The van der Waals surface area contributed by atoms with Crippen molar-refractivity contribution in [2.45, 2.75) is 20.3 Å². The summed E-state index contributed by atoms with van der Waals surface area (Å²) in [6.45, 7) is 4.00. The first-order valence-corrected chi connectivity index (χ1v) is 6.49. The van der Waals surface area contributed by atoms with E-state index in [-0.39, 0.29) is 0 Å². The Hall–Kier alpha value is -1.42. The molecule has 17 heavy (non-hydrogen) atoms. The van der Waals surface area contributed by atoms with Crippen LogP contribution >= 0.6 is 15.9 Å². The molecule has 4 heteroatoms. The van der Waals surface area contributed by atoms with Crippen LogP contribution < -0.4 is 10.6 Å². The van der Waals surface area contributed by atoms with E-state index in [1.807, 2.05) is 26.2 Å². The van der Waals surface area contributed by atoms with Gasteiger partial charge < -0.3 is 0 Å². The number of aromatic amines is 1. The van der Waals surface area contributed by atoms with Gasteiger partial charge in [0.1, 0.15) is 0 Å². The standard InChI is InChI=1S/C11H8BrN3.C2H6/c12-7-2-1-3-10-8(4-7)9-5-14-15-11(9)6-13-10;1-2/h2-6H,1H2,(H,14,15);1-2H3. The number of rotatable bonds is 0. The van der Waals surface area contributed by atoms with E-state index in [9.17, 15) is 0 Å². The van der Waals surface area contributed by atoms with Crippen LogP contribution in [-0.2, 0) is 0 Å². The molecule has 0 unspecified atom stereocenters. The van der Waals surface area contributed by atoms with Crippen molar-refractivity contribution in [2.24, 2.45) is 0 Å². The molecule has 0 amide bonds. The molecule has 88 valence electrons. The highest BCUT2D eigenvalue weighted by atomic mass is 79.9. The van der Waals surface area contributed by atoms with Crippen LogP contribution in [0.2, 0.25) is 0 Å². The quantitative estimate of drug-likeness (QED) is 0.809. The van der Waals surface area contributed by atoms with E-state index in [2.05, 4.69) is 49.3 Å². The average Bonchev–Trinajstić information content (AvgIpc) is 2.75. The third-order valence-corrected chi connectivity index (χ3v) is 3.03. The predicted molar refractivity (Wildman–Crippen MR) is 75.0 cm³/mol. The number of allylic oxidation sites excluding steroid dienone is 2. The Balaban J connectivity index is 0.000000514. The Bertz CT molecular complexity index is 668. The minimum absolute atomic E-state index is 0.903. The summed E-state index contributed by atoms with van der Waals surface area (Å²) in [5.74, 6) is 0. The lowest BCUT2D eigenvalue weighted by atomic mass is 10.2. The van der Waals surface area contributed by atoms with Gasteiger partial charge in [0, 0.05) is 15.1 Å². The van der Waals surface area contributed by atoms with Crippen molar-refractivity contribution in [3.63, 3.8) is 0 Å². The minimum atomic E-state index is 0.903. The van der Waals surface area contributed by atoms with E-state index in [0.29, 0.717) is 0 Å². The zero-order chi connectivity index (χ0) is 12.3. The Morgan fingerprint density at radius 1 is 1.24 bits per heavy atom. The van der Waals surface area contributed by atoms with Crippen molar-refractivity contribution in [3.8, 4) is 0 Å². The van der Waals surface area contributed by atoms with Gasteiger partial charge in [-0.3, -0.25) is 10.1 Å². The average molecular weight is 292 g/mol. The van der Waals surface area contributed by atoms with Gasteiger partial charge in [-0.15, -0.1) is 0 Å². The summed E-state index contributed by atoms with van der Waals surface area (Å²) < 4.78 is 1.09. The second-order valence-corrected chi connectivity index (χ2v) is 4.34. The van der Waals surface area contributed by atoms with Crippen molar-refractivity contribution in [2.75, 3.05) is 0 Å². The number of nitrogens with zero attached hydrogens (tertiary/aromatic N) is 2. The maximum Gasteiger partial charge on any atom is 0.0840 e. The van der Waals surface area contributed by atoms with Gasteiger partial charge in [-0.1, -0.05) is 41.9 Å². The first kappa shape index (κ1) is 12.0. The third-order valence-electron chi connectivity index (χ3n) is 2.47. The lowest BCUT2D eigenvalue weighted by molar-refractivity contribution is 1.11. The highest BCUT2D eigenvalue weighted by molar-refractivity contribution is 9.12. The molecule has 0 spiro atoms. The molecule has 1 aliphatic carbocycles. The van der Waals surface area contributed by atoms with Crippen molar-refractivity contribution < 1.29 is 0 Å². The summed E-state index contributed by atoms with van der Waals surface area (Å²) in [5.41, 5.74) is 0.973. The van der Waals surface area contributed by atoms with E-state index in [0.717, 1.165) is 32.4 Å². The number of hydrogen-bond acceptors (Lipinski definition) is 2. The second-order valence-electron chi connectivity index (χ2n) is 3.43. The smallest absolute Gasteiger partial charge is 0.0840 e. The van der Waals surface area contributed by atoms with Gasteiger partial charge in [-0.2, -0.15) is 5.10 Å². The van der Waals surface area contributed by atoms with Gasteiger partial charge in [0.15, 0.2) is 0 Å². The number of pyridine rings is 1. The molecule has 2 aromatic rings. The third kappa shape index (κ3) is 2.31. The molecule has 0 fully saturated rings. The summed E-state index contributed by atoms with van der Waals surface area (Å²) in [7, 11) is 0. The van der Waals surface area contributed by atoms with Crippen molar-refractivity contribution in [3.05, 3.63) is 33.5 Å². The van der Waals surface area contributed by atoms with Crippen LogP contribution in [0.5, 0.6) is 0 Å². The number of hydrogen-bond donors (Lipinski definition) is 1. The fourth-order valence-electron chi connectivity index (χ4n) is 1.75. The van der Waals surface area contributed by atoms with Gasteiger partial charge in [-0.05, 0) is 12.5 Å². The number of halogens is 1. The minimum Gasteiger partial charge on any atom is -0.276 e. The van der Waals surface area contributed by atoms with Crippen LogP contribution in [0.1, 0.15) is 20.3 Å². The molecule has 0 atom stereocenters. The van der Waals surface area contributed by atoms with Gasteiger partial charge in [0.05, 0.1) is 23.3 Å². The molecule has 0 saturated heterocycles. The van der Waals surface area contributed by atoms with Crippen LogP contribution in [0.15, 0.2) is 23.0 Å². The van der Waals surface area contributed by atoms with E-state index in [4.69, 9.17) is 0 Å². The lowest BCUT2D eigenvalue weighted by Gasteiger charge is -1.91. The van der Waals surface area contributed by atoms with E-state index >= 15 is 0 Å². The number of H-pyrrole nitrogens is 1. The zero-order valence-electron chi connectivity index (χ0n) is 9.87. The lowest BCUT2D eigenvalue weighted by Crippen LogP contribution is -2.27. The SMILES string of the molecule is BrC1=CCC=c2ncc3[nH]ncc3c2=C1.CC. The zero-order valence-corrected chi connectivity index (χ0v) is 11.5. The van der Waals surface area contributed by atoms with Crippen LogP contribution in [0.3, 0.4) is 0 Å². The molecule has 1 aliphatic rings. The second kappa shape index (κ2) is 5.27. The molecule has 0 radical (unpaired) electrons. The molecule has 0 saturated carbocycles. The molecule has 0 aromatic carbocycles. The molecule has 2 heterocycles. The number of aromatic nitrogens is 3. The number of fused-ring (bicyclic) bond motifs is 3. The van der Waals surface area contributed by atoms with Gasteiger partial charge in [0.25, 0.3) is 0 Å². The van der Waals surface area contributed by atoms with Crippen molar-refractivity contribution in [1.29, 1.82) is 0 Å². The first-order chi connectivity index (χ1) is 8.34. The maximum atomic E-state index is 4.40. The summed E-state index contributed by atoms with van der Waals surface area (Å²) in [5, 5.41) is 10.2. The Kier molecular flexibility index (Phi) is 3.74. The van der Waals surface area contributed by atoms with Gasteiger partial charge in [-0.25, -0.2) is 0 Å². The van der Waals surface area contributed by atoms with Crippen molar-refractivity contribution in [1.82, 2.24) is 15.2 Å². The fourth-order valence-corrected chi connectivity index (χ4v) is 2.16. The van der Waals surface area contributed by atoms with Crippen LogP contribution in [0, 0.1) is 0 Å². The molecular formula is C13H14BrN3. The summed E-state index contributed by atoms with van der Waals surface area (Å²) in [6.07, 6.45) is 10.9. The largest absolute Gasteiger partial charge is 0.276 e. The molecular weight excluding hydrogens is 278 g/mol. The molecule has 0 aliphatic heterocycles. The summed E-state index contributed by atoms with van der Waals surface area (Å²) in [4.78, 5) is 4.40. The fraction of sp³-hybridized carbons (Fsp3) is 0.231. The Morgan fingerprint density at radius 2 is 2.06 bits per heavy atom. The normalized spacial score (nSPS) is 13.5. The summed E-state index contributed by atoms with van der Waals surface area (Å²) in [6, 6.07) is 0. The predicted octanol–water partition coefficient (Wildman–Crippen LogP) is 2.23. The molecule has 3 nitrogen and oxygen atoms in total. The topological polar surface area (TPSA) is 41.6 Å².